The number of ether oxygens (including phenoxy) is 1. The molecule has 0 aliphatic carbocycles. The van der Waals surface area contributed by atoms with E-state index >= 15 is 0 Å². The Bertz CT molecular complexity index is 1180. The Labute approximate surface area is 166 Å². The van der Waals surface area contributed by atoms with E-state index in [1.807, 2.05) is 53.9 Å². The van der Waals surface area contributed by atoms with E-state index in [1.54, 1.807) is 7.11 Å². The van der Waals surface area contributed by atoms with Gasteiger partial charge in [0.05, 0.1) is 18.5 Å². The predicted molar refractivity (Wildman–Crippen MR) is 114 cm³/mol. The summed E-state index contributed by atoms with van der Waals surface area (Å²) in [6.45, 7) is 0. The van der Waals surface area contributed by atoms with E-state index in [1.165, 1.54) is 11.3 Å². The van der Waals surface area contributed by atoms with Crippen LogP contribution in [0.2, 0.25) is 0 Å². The third kappa shape index (κ3) is 3.56. The Morgan fingerprint density at radius 1 is 1.07 bits per heavy atom. The number of aromatic nitrogens is 1. The SMILES string of the molecule is COc1ccc(NN=C(C#N)c2nc(-c3cccc4ccccc34)cs2)cc1. The van der Waals surface area contributed by atoms with Crippen LogP contribution in [0.1, 0.15) is 5.01 Å². The fraction of sp³-hybridized carbons (Fsp3) is 0.0455. The van der Waals surface area contributed by atoms with Crippen LogP contribution in [0.5, 0.6) is 5.75 Å². The Balaban J connectivity index is 1.62. The zero-order valence-electron chi connectivity index (χ0n) is 15.1. The summed E-state index contributed by atoms with van der Waals surface area (Å²) < 4.78 is 5.14. The molecular formula is C22H16N4OS. The standard InChI is InChI=1S/C22H16N4OS/c1-27-17-11-9-16(10-12-17)25-26-20(13-23)22-24-21(14-28-22)19-8-4-6-15-5-2-3-7-18(15)19/h2-12,14,25H,1H3. The molecule has 1 aromatic heterocycles. The average molecular weight is 384 g/mol. The molecule has 3 aromatic carbocycles. The molecule has 5 nitrogen and oxygen atoms in total. The van der Waals surface area contributed by atoms with Gasteiger partial charge in [-0.1, -0.05) is 42.5 Å². The molecule has 0 fully saturated rings. The number of rotatable bonds is 5. The zero-order chi connectivity index (χ0) is 19.3. The third-order valence-corrected chi connectivity index (χ3v) is 5.11. The van der Waals surface area contributed by atoms with Gasteiger partial charge in [-0.3, -0.25) is 5.43 Å². The molecule has 0 atom stereocenters. The maximum atomic E-state index is 9.52. The van der Waals surface area contributed by atoms with Crippen molar-refractivity contribution in [2.45, 2.75) is 0 Å². The van der Waals surface area contributed by atoms with Crippen LogP contribution in [-0.4, -0.2) is 17.8 Å². The Morgan fingerprint density at radius 2 is 1.86 bits per heavy atom. The number of benzene rings is 3. The number of thiazole rings is 1. The Morgan fingerprint density at radius 3 is 2.64 bits per heavy atom. The van der Waals surface area contributed by atoms with Crippen LogP contribution >= 0.6 is 11.3 Å². The number of nitrogens with zero attached hydrogens (tertiary/aromatic N) is 3. The minimum absolute atomic E-state index is 0.243. The van der Waals surface area contributed by atoms with Gasteiger partial charge in [-0.25, -0.2) is 4.98 Å². The summed E-state index contributed by atoms with van der Waals surface area (Å²) in [5.74, 6) is 0.759. The molecule has 0 saturated heterocycles. The van der Waals surface area contributed by atoms with E-state index in [0.29, 0.717) is 5.01 Å². The Hall–Kier alpha value is -3.69. The first-order valence-electron chi connectivity index (χ1n) is 8.60. The van der Waals surface area contributed by atoms with Crippen molar-refractivity contribution < 1.29 is 4.74 Å². The van der Waals surface area contributed by atoms with Gasteiger partial charge >= 0.3 is 0 Å². The molecule has 4 rings (SSSR count). The lowest BCUT2D eigenvalue weighted by atomic mass is 10.0. The lowest BCUT2D eigenvalue weighted by Gasteiger charge is -2.03. The van der Waals surface area contributed by atoms with E-state index in [2.05, 4.69) is 39.8 Å². The summed E-state index contributed by atoms with van der Waals surface area (Å²) in [6, 6.07) is 23.8. The van der Waals surface area contributed by atoms with E-state index in [-0.39, 0.29) is 5.71 Å². The van der Waals surface area contributed by atoms with Crippen molar-refractivity contribution in [1.82, 2.24) is 4.98 Å². The molecule has 0 spiro atoms. The topological polar surface area (TPSA) is 70.3 Å². The highest BCUT2D eigenvalue weighted by atomic mass is 32.1. The third-order valence-electron chi connectivity index (χ3n) is 4.27. The summed E-state index contributed by atoms with van der Waals surface area (Å²) in [4.78, 5) is 4.65. The molecule has 0 saturated carbocycles. The molecule has 0 unspecified atom stereocenters. The minimum Gasteiger partial charge on any atom is -0.497 e. The number of hydrazone groups is 1. The largest absolute Gasteiger partial charge is 0.497 e. The van der Waals surface area contributed by atoms with Crippen molar-refractivity contribution in [3.63, 3.8) is 0 Å². The zero-order valence-corrected chi connectivity index (χ0v) is 15.9. The lowest BCUT2D eigenvalue weighted by Crippen LogP contribution is -2.01. The van der Waals surface area contributed by atoms with Gasteiger partial charge < -0.3 is 4.74 Å². The molecule has 0 bridgehead atoms. The molecule has 136 valence electrons. The molecule has 4 aromatic rings. The normalized spacial score (nSPS) is 11.2. The van der Waals surface area contributed by atoms with Crippen molar-refractivity contribution in [3.05, 3.63) is 77.1 Å². The molecule has 1 N–H and O–H groups in total. The quantitative estimate of drug-likeness (QED) is 0.374. The molecule has 1 heterocycles. The molecule has 0 aliphatic heterocycles. The maximum absolute atomic E-state index is 9.52. The number of nitrogens with one attached hydrogen (secondary N) is 1. The van der Waals surface area contributed by atoms with Crippen LogP contribution in [0.4, 0.5) is 5.69 Å². The van der Waals surface area contributed by atoms with Crippen LogP contribution < -0.4 is 10.2 Å². The van der Waals surface area contributed by atoms with Crippen molar-refractivity contribution in [2.75, 3.05) is 12.5 Å². The number of anilines is 1. The van der Waals surface area contributed by atoms with E-state index < -0.39 is 0 Å². The van der Waals surface area contributed by atoms with Crippen molar-refractivity contribution in [1.29, 1.82) is 5.26 Å². The minimum atomic E-state index is 0.243. The van der Waals surface area contributed by atoms with Gasteiger partial charge in [0, 0.05) is 10.9 Å². The van der Waals surface area contributed by atoms with E-state index in [0.717, 1.165) is 33.5 Å². The summed E-state index contributed by atoms with van der Waals surface area (Å²) in [5.41, 5.74) is 5.79. The number of fused-ring (bicyclic) bond motifs is 1. The van der Waals surface area contributed by atoms with Crippen LogP contribution in [0.15, 0.2) is 77.2 Å². The number of hydrogen-bond donors (Lipinski definition) is 1. The van der Waals surface area contributed by atoms with Gasteiger partial charge in [-0.2, -0.15) is 10.4 Å². The molecule has 0 radical (unpaired) electrons. The monoisotopic (exact) mass is 384 g/mol. The van der Waals surface area contributed by atoms with Gasteiger partial charge in [-0.05, 0) is 35.0 Å². The first-order chi connectivity index (χ1) is 13.8. The van der Waals surface area contributed by atoms with Crippen molar-refractivity contribution in [3.8, 4) is 23.1 Å². The average Bonchev–Trinajstić information content (AvgIpc) is 3.24. The number of hydrogen-bond acceptors (Lipinski definition) is 6. The highest BCUT2D eigenvalue weighted by Gasteiger charge is 2.12. The molecule has 6 heteroatoms. The van der Waals surface area contributed by atoms with E-state index in [4.69, 9.17) is 4.74 Å². The van der Waals surface area contributed by atoms with Gasteiger partial charge in [0.2, 0.25) is 0 Å². The second-order valence-electron chi connectivity index (χ2n) is 5.98. The number of methoxy groups -OCH3 is 1. The van der Waals surface area contributed by atoms with Gasteiger partial charge in [0.1, 0.15) is 11.8 Å². The predicted octanol–water partition coefficient (Wildman–Crippen LogP) is 5.31. The highest BCUT2D eigenvalue weighted by Crippen LogP contribution is 2.29. The molecule has 28 heavy (non-hydrogen) atoms. The van der Waals surface area contributed by atoms with Gasteiger partial charge in [-0.15, -0.1) is 11.3 Å². The summed E-state index contributed by atoms with van der Waals surface area (Å²) in [5, 5.41) is 18.6. The fourth-order valence-corrected chi connectivity index (χ4v) is 3.62. The summed E-state index contributed by atoms with van der Waals surface area (Å²) in [6.07, 6.45) is 0. The molecule has 0 aliphatic rings. The number of nitriles is 1. The van der Waals surface area contributed by atoms with Crippen LogP contribution in [0.25, 0.3) is 22.0 Å². The van der Waals surface area contributed by atoms with Crippen molar-refractivity contribution >= 4 is 33.5 Å². The van der Waals surface area contributed by atoms with Gasteiger partial charge in [0.15, 0.2) is 10.7 Å². The summed E-state index contributed by atoms with van der Waals surface area (Å²) >= 11 is 1.40. The summed E-state index contributed by atoms with van der Waals surface area (Å²) in [7, 11) is 1.62. The first kappa shape index (κ1) is 17.7. The fourth-order valence-electron chi connectivity index (χ4n) is 2.86. The van der Waals surface area contributed by atoms with E-state index in [9.17, 15) is 5.26 Å². The first-order valence-corrected chi connectivity index (χ1v) is 9.48. The smallest absolute Gasteiger partial charge is 0.196 e. The second kappa shape index (κ2) is 7.91. The Kier molecular flexibility index (Phi) is 5.00. The second-order valence-corrected chi connectivity index (χ2v) is 6.84. The van der Waals surface area contributed by atoms with Crippen molar-refractivity contribution in [2.24, 2.45) is 5.10 Å². The van der Waals surface area contributed by atoms with Gasteiger partial charge in [0.25, 0.3) is 0 Å². The molecule has 0 amide bonds. The lowest BCUT2D eigenvalue weighted by molar-refractivity contribution is 0.415. The highest BCUT2D eigenvalue weighted by molar-refractivity contribution is 7.12. The maximum Gasteiger partial charge on any atom is 0.196 e. The van der Waals surface area contributed by atoms with Crippen LogP contribution in [-0.2, 0) is 0 Å². The van der Waals surface area contributed by atoms with Crippen LogP contribution in [0, 0.1) is 11.3 Å². The molecular weight excluding hydrogens is 368 g/mol. The van der Waals surface area contributed by atoms with Crippen LogP contribution in [0.3, 0.4) is 0 Å².